The van der Waals surface area contributed by atoms with E-state index >= 15 is 0 Å². The van der Waals surface area contributed by atoms with Crippen molar-refractivity contribution in [2.75, 3.05) is 6.54 Å². The maximum atomic E-state index is 14.2. The van der Waals surface area contributed by atoms with Gasteiger partial charge in [-0.3, -0.25) is 4.79 Å². The van der Waals surface area contributed by atoms with E-state index in [9.17, 15) is 14.0 Å². The highest BCUT2D eigenvalue weighted by Gasteiger charge is 2.37. The van der Waals surface area contributed by atoms with Crippen molar-refractivity contribution in [1.82, 2.24) is 20.0 Å². The second-order valence-corrected chi connectivity index (χ2v) is 9.48. The first-order valence-electron chi connectivity index (χ1n) is 11.5. The zero-order valence-corrected chi connectivity index (χ0v) is 20.5. The first kappa shape index (κ1) is 25.9. The van der Waals surface area contributed by atoms with Crippen LogP contribution in [0.3, 0.4) is 0 Å². The van der Waals surface area contributed by atoms with Gasteiger partial charge in [0.25, 0.3) is 0 Å². The van der Waals surface area contributed by atoms with E-state index in [0.29, 0.717) is 6.54 Å². The van der Waals surface area contributed by atoms with Crippen LogP contribution in [-0.2, 0) is 15.1 Å². The summed E-state index contributed by atoms with van der Waals surface area (Å²) in [6, 6.07) is 1.99. The summed E-state index contributed by atoms with van der Waals surface area (Å²) in [5.74, 6) is -2.10. The predicted octanol–water partition coefficient (Wildman–Crippen LogP) is 4.05. The fourth-order valence-corrected chi connectivity index (χ4v) is 4.10. The summed E-state index contributed by atoms with van der Waals surface area (Å²) in [5.41, 5.74) is 1.54. The third-order valence-corrected chi connectivity index (χ3v) is 5.69. The van der Waals surface area contributed by atoms with E-state index in [2.05, 4.69) is 36.6 Å². The summed E-state index contributed by atoms with van der Waals surface area (Å²) in [4.78, 5) is 37.6. The quantitative estimate of drug-likeness (QED) is 0.190. The van der Waals surface area contributed by atoms with Crippen molar-refractivity contribution < 1.29 is 18.7 Å². The molecule has 1 aliphatic rings. The van der Waals surface area contributed by atoms with E-state index in [1.807, 2.05) is 19.2 Å². The van der Waals surface area contributed by atoms with Gasteiger partial charge in [-0.2, -0.15) is 5.10 Å². The third-order valence-electron chi connectivity index (χ3n) is 5.69. The predicted molar refractivity (Wildman–Crippen MR) is 132 cm³/mol. The zero-order chi connectivity index (χ0) is 25.6. The number of aryl methyl sites for hydroxylation is 1. The van der Waals surface area contributed by atoms with Crippen LogP contribution in [0.1, 0.15) is 62.5 Å². The molecule has 0 spiro atoms. The van der Waals surface area contributed by atoms with Gasteiger partial charge in [0.1, 0.15) is 17.7 Å². The van der Waals surface area contributed by atoms with Crippen molar-refractivity contribution in [3.63, 3.8) is 0 Å². The largest absolute Gasteiger partial charge is 0.455 e. The molecule has 0 amide bonds. The standard InChI is InChI=1S/C25H31FN6O3/c1-6-12-28-22-17(2)9-13-32(22)25(10-7-8-11-25)15-30-31-20(23(34)35-24(3,4)5)21(33)19-18(26)14-27-16-29-19/h6,9,12-14,16,30H,1,7-8,10-11,15H2,2-5H3/b28-12-,31-20-. The molecule has 3 rings (SSSR count). The molecule has 1 aliphatic carbocycles. The lowest BCUT2D eigenvalue weighted by molar-refractivity contribution is -0.146. The number of aliphatic imine (C=N–C) groups is 1. The first-order chi connectivity index (χ1) is 16.6. The van der Waals surface area contributed by atoms with Gasteiger partial charge in [0.05, 0.1) is 18.3 Å². The van der Waals surface area contributed by atoms with Crippen LogP contribution >= 0.6 is 0 Å². The van der Waals surface area contributed by atoms with Crippen molar-refractivity contribution in [3.8, 4) is 0 Å². The highest BCUT2D eigenvalue weighted by atomic mass is 19.1. The molecule has 1 saturated carbocycles. The Kier molecular flexibility index (Phi) is 7.93. The Labute approximate surface area is 204 Å². The number of Topliss-reactive ketones (excluding diaryl/α,β-unsaturated/α-hetero) is 1. The minimum Gasteiger partial charge on any atom is -0.455 e. The normalized spacial score (nSPS) is 15.9. The summed E-state index contributed by atoms with van der Waals surface area (Å²) >= 11 is 0. The summed E-state index contributed by atoms with van der Waals surface area (Å²) in [6.45, 7) is 11.0. The molecule has 0 unspecified atom stereocenters. The summed E-state index contributed by atoms with van der Waals surface area (Å²) in [7, 11) is 0. The number of aromatic nitrogens is 3. The van der Waals surface area contributed by atoms with Gasteiger partial charge in [0.2, 0.25) is 11.5 Å². The number of ketones is 1. The first-order valence-corrected chi connectivity index (χ1v) is 11.5. The fraction of sp³-hybridized carbons (Fsp3) is 0.440. The van der Waals surface area contributed by atoms with Gasteiger partial charge in [-0.25, -0.2) is 24.1 Å². The van der Waals surface area contributed by atoms with Gasteiger partial charge in [0.15, 0.2) is 11.5 Å². The minimum atomic E-state index is -0.986. The summed E-state index contributed by atoms with van der Waals surface area (Å²) < 4.78 is 21.7. The number of hydrazone groups is 1. The number of ether oxygens (including phenoxy) is 1. The van der Waals surface area contributed by atoms with Crippen molar-refractivity contribution in [2.45, 2.75) is 64.5 Å². The van der Waals surface area contributed by atoms with E-state index in [-0.39, 0.29) is 5.54 Å². The molecule has 0 saturated heterocycles. The fourth-order valence-electron chi connectivity index (χ4n) is 4.10. The number of nitrogens with zero attached hydrogens (tertiary/aromatic N) is 5. The van der Waals surface area contributed by atoms with Crippen LogP contribution in [0.2, 0.25) is 0 Å². The van der Waals surface area contributed by atoms with E-state index in [1.165, 1.54) is 0 Å². The van der Waals surface area contributed by atoms with E-state index < -0.39 is 34.6 Å². The van der Waals surface area contributed by atoms with Crippen LogP contribution in [0.25, 0.3) is 0 Å². The molecule has 1 fully saturated rings. The van der Waals surface area contributed by atoms with Gasteiger partial charge in [-0.15, -0.1) is 0 Å². The monoisotopic (exact) mass is 482 g/mol. The lowest BCUT2D eigenvalue weighted by Crippen LogP contribution is -2.41. The van der Waals surface area contributed by atoms with Gasteiger partial charge < -0.3 is 14.7 Å². The third kappa shape index (κ3) is 6.06. The molecule has 0 aromatic carbocycles. The average molecular weight is 483 g/mol. The number of rotatable bonds is 9. The molecular weight excluding hydrogens is 451 g/mol. The second kappa shape index (κ2) is 10.7. The molecule has 10 heteroatoms. The average Bonchev–Trinajstić information content (AvgIpc) is 3.41. The summed E-state index contributed by atoms with van der Waals surface area (Å²) in [6.07, 6.45) is 10.9. The van der Waals surface area contributed by atoms with Gasteiger partial charge >= 0.3 is 5.97 Å². The molecule has 0 aliphatic heterocycles. The number of carbonyl (C=O) groups is 2. The number of carbonyl (C=O) groups excluding carboxylic acids is 2. The molecular formula is C25H31FN6O3. The Morgan fingerprint density at radius 2 is 2.06 bits per heavy atom. The summed E-state index contributed by atoms with van der Waals surface area (Å²) in [5, 5.41) is 4.11. The lowest BCUT2D eigenvalue weighted by atomic mass is 9.97. The minimum absolute atomic E-state index is 0.323. The number of hydrogen-bond acceptors (Lipinski definition) is 8. The Morgan fingerprint density at radius 3 is 2.69 bits per heavy atom. The molecule has 2 aromatic rings. The van der Waals surface area contributed by atoms with Crippen LogP contribution in [0.15, 0.2) is 47.5 Å². The molecule has 0 radical (unpaired) electrons. The highest BCUT2D eigenvalue weighted by Crippen LogP contribution is 2.40. The van der Waals surface area contributed by atoms with E-state index in [4.69, 9.17) is 4.74 Å². The van der Waals surface area contributed by atoms with Gasteiger partial charge in [-0.05, 0) is 52.2 Å². The topological polar surface area (TPSA) is 111 Å². The van der Waals surface area contributed by atoms with Gasteiger partial charge in [0, 0.05) is 12.4 Å². The Bertz CT molecular complexity index is 1160. The van der Waals surface area contributed by atoms with Crippen LogP contribution < -0.4 is 5.43 Å². The molecule has 35 heavy (non-hydrogen) atoms. The molecule has 0 atom stereocenters. The maximum Gasteiger partial charge on any atom is 0.363 e. The van der Waals surface area contributed by atoms with Crippen molar-refractivity contribution in [2.24, 2.45) is 10.1 Å². The number of hydrogen-bond donors (Lipinski definition) is 1. The van der Waals surface area contributed by atoms with Crippen molar-refractivity contribution in [3.05, 3.63) is 54.5 Å². The SMILES string of the molecule is C=C/C=N\c1c(C)ccn1C1(CN/N=C(\C(=O)OC(C)(C)C)C(=O)c2ncncc2F)CCCC1. The van der Waals surface area contributed by atoms with E-state index in [0.717, 1.165) is 49.6 Å². The molecule has 0 bridgehead atoms. The van der Waals surface area contributed by atoms with Gasteiger partial charge in [-0.1, -0.05) is 25.5 Å². The Hall–Kier alpha value is -3.69. The van der Waals surface area contributed by atoms with Crippen LogP contribution in [0, 0.1) is 12.7 Å². The number of halogens is 1. The molecule has 1 N–H and O–H groups in total. The maximum absolute atomic E-state index is 14.2. The zero-order valence-electron chi connectivity index (χ0n) is 20.5. The Balaban J connectivity index is 1.93. The van der Waals surface area contributed by atoms with Crippen molar-refractivity contribution in [1.29, 1.82) is 0 Å². The van der Waals surface area contributed by atoms with E-state index in [1.54, 1.807) is 33.1 Å². The van der Waals surface area contributed by atoms with Crippen LogP contribution in [0.5, 0.6) is 0 Å². The lowest BCUT2D eigenvalue weighted by Gasteiger charge is -2.32. The molecule has 9 nitrogen and oxygen atoms in total. The molecule has 2 heterocycles. The second-order valence-electron chi connectivity index (χ2n) is 9.48. The number of allylic oxidation sites excluding steroid dienone is 1. The highest BCUT2D eigenvalue weighted by molar-refractivity contribution is 6.67. The molecule has 2 aromatic heterocycles. The van der Waals surface area contributed by atoms with Crippen molar-refractivity contribution >= 4 is 29.5 Å². The molecule has 186 valence electrons. The van der Waals surface area contributed by atoms with Crippen LogP contribution in [0.4, 0.5) is 10.2 Å². The number of nitrogens with one attached hydrogen (secondary N) is 1. The number of esters is 1. The Morgan fingerprint density at radius 1 is 1.34 bits per heavy atom. The van der Waals surface area contributed by atoms with Crippen LogP contribution in [-0.4, -0.2) is 50.4 Å². The smallest absolute Gasteiger partial charge is 0.363 e.